The standard InChI is InChI=1S/C19H22N4O4/c1-12(2)10-15(18(25)21-8-7-20)22-17(24)14-4-5-16-13(11-14)6-9-23(16)19(26)27-3/h4-6,9,11-12,15H,8,10H2,1-3H3,(H,21,25)(H,22,24). The van der Waals surface area contributed by atoms with Crippen LogP contribution in [0.4, 0.5) is 4.79 Å². The number of nitrogens with zero attached hydrogens (tertiary/aromatic N) is 2. The highest BCUT2D eigenvalue weighted by Crippen LogP contribution is 2.18. The van der Waals surface area contributed by atoms with Crippen molar-refractivity contribution in [2.75, 3.05) is 13.7 Å². The fraction of sp³-hybridized carbons (Fsp3) is 0.368. The van der Waals surface area contributed by atoms with Crippen molar-refractivity contribution in [2.24, 2.45) is 5.92 Å². The van der Waals surface area contributed by atoms with Gasteiger partial charge in [0.2, 0.25) is 5.91 Å². The molecule has 2 rings (SSSR count). The van der Waals surface area contributed by atoms with Crippen molar-refractivity contribution in [3.63, 3.8) is 0 Å². The molecule has 0 saturated heterocycles. The molecule has 1 heterocycles. The smallest absolute Gasteiger partial charge is 0.418 e. The first-order chi connectivity index (χ1) is 12.9. The SMILES string of the molecule is COC(=O)n1ccc2cc(C(=O)NC(CC(C)C)C(=O)NCC#N)ccc21. The number of hydrogen-bond acceptors (Lipinski definition) is 5. The lowest BCUT2D eigenvalue weighted by Gasteiger charge is -2.19. The molecule has 2 aromatic rings. The fourth-order valence-corrected chi connectivity index (χ4v) is 2.74. The summed E-state index contributed by atoms with van der Waals surface area (Å²) in [4.78, 5) is 36.5. The van der Waals surface area contributed by atoms with E-state index in [4.69, 9.17) is 10.00 Å². The normalized spacial score (nSPS) is 11.7. The van der Waals surface area contributed by atoms with E-state index >= 15 is 0 Å². The van der Waals surface area contributed by atoms with Crippen molar-refractivity contribution in [3.8, 4) is 6.07 Å². The van der Waals surface area contributed by atoms with Crippen LogP contribution in [0.25, 0.3) is 10.9 Å². The van der Waals surface area contributed by atoms with E-state index < -0.39 is 23.9 Å². The summed E-state index contributed by atoms with van der Waals surface area (Å²) in [7, 11) is 1.29. The summed E-state index contributed by atoms with van der Waals surface area (Å²) in [6.07, 6.45) is 1.49. The van der Waals surface area contributed by atoms with Crippen molar-refractivity contribution in [1.82, 2.24) is 15.2 Å². The zero-order valence-corrected chi connectivity index (χ0v) is 15.5. The van der Waals surface area contributed by atoms with Crippen molar-refractivity contribution in [1.29, 1.82) is 5.26 Å². The number of benzene rings is 1. The first-order valence-corrected chi connectivity index (χ1v) is 8.52. The monoisotopic (exact) mass is 370 g/mol. The van der Waals surface area contributed by atoms with Crippen LogP contribution >= 0.6 is 0 Å². The van der Waals surface area contributed by atoms with Gasteiger partial charge in [-0.25, -0.2) is 4.79 Å². The Morgan fingerprint density at radius 3 is 2.63 bits per heavy atom. The lowest BCUT2D eigenvalue weighted by molar-refractivity contribution is -0.123. The average Bonchev–Trinajstić information content (AvgIpc) is 3.07. The minimum absolute atomic E-state index is 0.115. The van der Waals surface area contributed by atoms with Crippen LogP contribution in [-0.4, -0.2) is 42.2 Å². The van der Waals surface area contributed by atoms with Gasteiger partial charge in [-0.15, -0.1) is 0 Å². The highest BCUT2D eigenvalue weighted by molar-refractivity contribution is 6.01. The molecular formula is C19H22N4O4. The van der Waals surface area contributed by atoms with Crippen LogP contribution in [0.15, 0.2) is 30.5 Å². The van der Waals surface area contributed by atoms with Crippen LogP contribution in [0, 0.1) is 17.2 Å². The Morgan fingerprint density at radius 2 is 2.00 bits per heavy atom. The zero-order chi connectivity index (χ0) is 20.0. The molecule has 1 atom stereocenters. The van der Waals surface area contributed by atoms with Gasteiger partial charge in [0.15, 0.2) is 0 Å². The highest BCUT2D eigenvalue weighted by Gasteiger charge is 2.22. The van der Waals surface area contributed by atoms with Crippen LogP contribution in [0.2, 0.25) is 0 Å². The van der Waals surface area contributed by atoms with Crippen molar-refractivity contribution >= 4 is 28.8 Å². The molecule has 0 aliphatic rings. The van der Waals surface area contributed by atoms with Crippen LogP contribution in [0.5, 0.6) is 0 Å². The Hall–Kier alpha value is -3.34. The third-order valence-corrected chi connectivity index (χ3v) is 3.99. The summed E-state index contributed by atoms with van der Waals surface area (Å²) in [5, 5.41) is 14.5. The van der Waals surface area contributed by atoms with Crippen LogP contribution in [0.3, 0.4) is 0 Å². The summed E-state index contributed by atoms with van der Waals surface area (Å²) in [6, 6.07) is 7.68. The molecule has 142 valence electrons. The van der Waals surface area contributed by atoms with Gasteiger partial charge in [0.25, 0.3) is 5.91 Å². The van der Waals surface area contributed by atoms with E-state index in [0.29, 0.717) is 22.9 Å². The van der Waals surface area contributed by atoms with Gasteiger partial charge in [0.1, 0.15) is 12.6 Å². The molecule has 0 saturated carbocycles. The van der Waals surface area contributed by atoms with Gasteiger partial charge >= 0.3 is 6.09 Å². The van der Waals surface area contributed by atoms with Gasteiger partial charge < -0.3 is 15.4 Å². The minimum atomic E-state index is -0.735. The molecular weight excluding hydrogens is 348 g/mol. The molecule has 1 aromatic carbocycles. The number of carbonyl (C=O) groups is 3. The topological polar surface area (TPSA) is 113 Å². The summed E-state index contributed by atoms with van der Waals surface area (Å²) in [6.45, 7) is 3.77. The van der Waals surface area contributed by atoms with Crippen molar-refractivity contribution in [3.05, 3.63) is 36.0 Å². The summed E-state index contributed by atoms with van der Waals surface area (Å²) >= 11 is 0. The Labute approximate surface area is 157 Å². The van der Waals surface area contributed by atoms with E-state index in [1.807, 2.05) is 19.9 Å². The Bertz CT molecular complexity index is 895. The highest BCUT2D eigenvalue weighted by atomic mass is 16.5. The van der Waals surface area contributed by atoms with Crippen LogP contribution < -0.4 is 10.6 Å². The van der Waals surface area contributed by atoms with Crippen LogP contribution in [0.1, 0.15) is 30.6 Å². The van der Waals surface area contributed by atoms with E-state index in [2.05, 4.69) is 10.6 Å². The number of nitrogens with one attached hydrogen (secondary N) is 2. The molecule has 2 amide bonds. The molecule has 1 aromatic heterocycles. The third-order valence-electron chi connectivity index (χ3n) is 3.99. The van der Waals surface area contributed by atoms with E-state index in [1.54, 1.807) is 30.5 Å². The Morgan fingerprint density at radius 1 is 1.26 bits per heavy atom. The molecule has 0 bridgehead atoms. The molecule has 27 heavy (non-hydrogen) atoms. The summed E-state index contributed by atoms with van der Waals surface area (Å²) in [5.74, 6) is -0.614. The first kappa shape index (κ1) is 20.0. The Balaban J connectivity index is 2.20. The number of fused-ring (bicyclic) bond motifs is 1. The number of methoxy groups -OCH3 is 1. The minimum Gasteiger partial charge on any atom is -0.452 e. The number of hydrogen-bond donors (Lipinski definition) is 2. The zero-order valence-electron chi connectivity index (χ0n) is 15.5. The van der Waals surface area contributed by atoms with E-state index in [9.17, 15) is 14.4 Å². The number of amides is 2. The van der Waals surface area contributed by atoms with E-state index in [-0.39, 0.29) is 12.5 Å². The molecule has 0 aliphatic heterocycles. The van der Waals surface area contributed by atoms with E-state index in [0.717, 1.165) is 0 Å². The molecule has 0 radical (unpaired) electrons. The van der Waals surface area contributed by atoms with Crippen molar-refractivity contribution in [2.45, 2.75) is 26.3 Å². The third kappa shape index (κ3) is 4.85. The summed E-state index contributed by atoms with van der Waals surface area (Å²) < 4.78 is 6.05. The first-order valence-electron chi connectivity index (χ1n) is 8.52. The molecule has 8 heteroatoms. The molecule has 2 N–H and O–H groups in total. The Kier molecular flexibility index (Phi) is 6.55. The molecule has 0 fully saturated rings. The number of nitriles is 1. The quantitative estimate of drug-likeness (QED) is 0.756. The number of ether oxygens (including phenoxy) is 1. The predicted molar refractivity (Wildman–Crippen MR) is 99.1 cm³/mol. The maximum absolute atomic E-state index is 12.6. The van der Waals surface area contributed by atoms with Crippen molar-refractivity contribution < 1.29 is 19.1 Å². The van der Waals surface area contributed by atoms with Gasteiger partial charge in [0.05, 0.1) is 18.7 Å². The summed E-state index contributed by atoms with van der Waals surface area (Å²) in [5.41, 5.74) is 0.982. The number of carbonyl (C=O) groups excluding carboxylic acids is 3. The molecule has 1 unspecified atom stereocenters. The average molecular weight is 370 g/mol. The number of rotatable bonds is 6. The fourth-order valence-electron chi connectivity index (χ4n) is 2.74. The van der Waals surface area contributed by atoms with Gasteiger partial charge in [-0.3, -0.25) is 14.2 Å². The molecule has 0 spiro atoms. The van der Waals surface area contributed by atoms with Gasteiger partial charge in [-0.2, -0.15) is 5.26 Å². The molecule has 0 aliphatic carbocycles. The second kappa shape index (κ2) is 8.85. The second-order valence-electron chi connectivity index (χ2n) is 6.46. The lowest BCUT2D eigenvalue weighted by Crippen LogP contribution is -2.47. The van der Waals surface area contributed by atoms with E-state index in [1.165, 1.54) is 11.7 Å². The van der Waals surface area contributed by atoms with Gasteiger partial charge in [-0.1, -0.05) is 13.8 Å². The predicted octanol–water partition coefficient (Wildman–Crippen LogP) is 2.04. The largest absolute Gasteiger partial charge is 0.452 e. The van der Waals surface area contributed by atoms with Gasteiger partial charge in [0, 0.05) is 17.1 Å². The lowest BCUT2D eigenvalue weighted by atomic mass is 10.0. The van der Waals surface area contributed by atoms with Crippen LogP contribution in [-0.2, 0) is 9.53 Å². The van der Waals surface area contributed by atoms with Gasteiger partial charge in [-0.05, 0) is 36.6 Å². The number of aromatic nitrogens is 1. The maximum Gasteiger partial charge on any atom is 0.418 e. The maximum atomic E-state index is 12.6. The molecule has 8 nitrogen and oxygen atoms in total. The second-order valence-corrected chi connectivity index (χ2v) is 6.46.